The van der Waals surface area contributed by atoms with Gasteiger partial charge in [-0.15, -0.1) is 5.10 Å². The topological polar surface area (TPSA) is 96.3 Å². The number of halogens is 1. The standard InChI is InChI=1S/C21H26FN5O3/c1-4-5-10-23-21(30)26-11-16-17(12-26)27(20(29)13(2)3)25-18(16)24-19(28)14-6-8-15(22)9-7-14/h6-9,13H,4-5,10-12H2,1-3H3,(H,23,30)(H,24,25,28). The number of fused-ring (bicyclic) bond motifs is 1. The van der Waals surface area contributed by atoms with Crippen LogP contribution in [0.5, 0.6) is 0 Å². The molecule has 1 aromatic carbocycles. The molecule has 0 saturated carbocycles. The van der Waals surface area contributed by atoms with Crippen LogP contribution in [0.1, 0.15) is 60.0 Å². The Balaban J connectivity index is 1.84. The largest absolute Gasteiger partial charge is 0.338 e. The third-order valence-corrected chi connectivity index (χ3v) is 4.91. The molecule has 0 aliphatic carbocycles. The van der Waals surface area contributed by atoms with Crippen molar-refractivity contribution in [1.29, 1.82) is 0 Å². The van der Waals surface area contributed by atoms with Gasteiger partial charge >= 0.3 is 6.03 Å². The second-order valence-electron chi connectivity index (χ2n) is 7.58. The van der Waals surface area contributed by atoms with Gasteiger partial charge in [0.1, 0.15) is 5.82 Å². The highest BCUT2D eigenvalue weighted by atomic mass is 19.1. The molecule has 9 heteroatoms. The van der Waals surface area contributed by atoms with Gasteiger partial charge in [0.25, 0.3) is 5.91 Å². The van der Waals surface area contributed by atoms with Gasteiger partial charge in [-0.3, -0.25) is 9.59 Å². The van der Waals surface area contributed by atoms with Crippen molar-refractivity contribution in [2.45, 2.75) is 46.7 Å². The van der Waals surface area contributed by atoms with E-state index in [0.29, 0.717) is 17.8 Å². The van der Waals surface area contributed by atoms with E-state index < -0.39 is 11.7 Å². The molecule has 160 valence electrons. The molecular weight excluding hydrogens is 389 g/mol. The molecule has 3 amide bonds. The summed E-state index contributed by atoms with van der Waals surface area (Å²) in [6.07, 6.45) is 1.85. The first-order chi connectivity index (χ1) is 14.3. The molecule has 1 aromatic heterocycles. The number of rotatable bonds is 6. The monoisotopic (exact) mass is 415 g/mol. The molecule has 2 N–H and O–H groups in total. The van der Waals surface area contributed by atoms with E-state index in [0.717, 1.165) is 12.8 Å². The molecule has 0 saturated heterocycles. The molecule has 0 fully saturated rings. The van der Waals surface area contributed by atoms with Crippen LogP contribution in [0.25, 0.3) is 0 Å². The lowest BCUT2D eigenvalue weighted by molar-refractivity contribution is 0.0832. The Morgan fingerprint density at radius 3 is 2.50 bits per heavy atom. The predicted molar refractivity (Wildman–Crippen MR) is 110 cm³/mol. The first-order valence-corrected chi connectivity index (χ1v) is 10.1. The summed E-state index contributed by atoms with van der Waals surface area (Å²) in [5, 5.41) is 9.87. The number of urea groups is 1. The molecule has 30 heavy (non-hydrogen) atoms. The second-order valence-corrected chi connectivity index (χ2v) is 7.58. The number of nitrogens with zero attached hydrogens (tertiary/aromatic N) is 3. The molecular formula is C21H26FN5O3. The fraction of sp³-hybridized carbons (Fsp3) is 0.429. The molecule has 3 rings (SSSR count). The number of carbonyl (C=O) groups excluding carboxylic acids is 3. The van der Waals surface area contributed by atoms with Gasteiger partial charge in [-0.1, -0.05) is 27.2 Å². The lowest BCUT2D eigenvalue weighted by Gasteiger charge is -2.17. The third-order valence-electron chi connectivity index (χ3n) is 4.91. The number of anilines is 1. The first kappa shape index (κ1) is 21.5. The maximum atomic E-state index is 13.1. The van der Waals surface area contributed by atoms with Gasteiger partial charge in [-0.25, -0.2) is 13.9 Å². The van der Waals surface area contributed by atoms with Gasteiger partial charge in [0.15, 0.2) is 5.82 Å². The van der Waals surface area contributed by atoms with Crippen molar-refractivity contribution in [3.63, 3.8) is 0 Å². The van der Waals surface area contributed by atoms with Crippen molar-refractivity contribution >= 4 is 23.7 Å². The van der Waals surface area contributed by atoms with Crippen molar-refractivity contribution < 1.29 is 18.8 Å². The van der Waals surface area contributed by atoms with Crippen molar-refractivity contribution in [3.05, 3.63) is 46.9 Å². The van der Waals surface area contributed by atoms with E-state index in [2.05, 4.69) is 15.7 Å². The number of carbonyl (C=O) groups is 3. The van der Waals surface area contributed by atoms with Gasteiger partial charge in [0.05, 0.1) is 18.8 Å². The van der Waals surface area contributed by atoms with Gasteiger partial charge < -0.3 is 15.5 Å². The zero-order valence-corrected chi connectivity index (χ0v) is 17.4. The molecule has 0 spiro atoms. The van der Waals surface area contributed by atoms with Crippen LogP contribution in [0, 0.1) is 11.7 Å². The minimum absolute atomic E-state index is 0.221. The maximum absolute atomic E-state index is 13.1. The summed E-state index contributed by atoms with van der Waals surface area (Å²) >= 11 is 0. The van der Waals surface area contributed by atoms with Crippen LogP contribution < -0.4 is 10.6 Å². The smallest absolute Gasteiger partial charge is 0.318 e. The van der Waals surface area contributed by atoms with Crippen LogP contribution in [0.4, 0.5) is 15.0 Å². The molecule has 0 unspecified atom stereocenters. The Kier molecular flexibility index (Phi) is 6.49. The number of aromatic nitrogens is 2. The van der Waals surface area contributed by atoms with Crippen molar-refractivity contribution in [2.24, 2.45) is 5.92 Å². The molecule has 0 radical (unpaired) electrons. The van der Waals surface area contributed by atoms with Gasteiger partial charge in [0, 0.05) is 23.6 Å². The fourth-order valence-electron chi connectivity index (χ4n) is 3.18. The Morgan fingerprint density at radius 1 is 1.17 bits per heavy atom. The molecule has 1 aliphatic heterocycles. The number of nitrogens with one attached hydrogen (secondary N) is 2. The lowest BCUT2D eigenvalue weighted by atomic mass is 10.2. The molecule has 0 atom stereocenters. The lowest BCUT2D eigenvalue weighted by Crippen LogP contribution is -2.37. The summed E-state index contributed by atoms with van der Waals surface area (Å²) in [5.74, 6) is -1.20. The molecule has 1 aliphatic rings. The number of amides is 3. The van der Waals surface area contributed by atoms with E-state index in [1.165, 1.54) is 28.9 Å². The SMILES string of the molecule is CCCCNC(=O)N1Cc2c(NC(=O)c3ccc(F)cc3)nn(C(=O)C(C)C)c2C1. The highest BCUT2D eigenvalue weighted by molar-refractivity contribution is 6.04. The van der Waals surface area contributed by atoms with Gasteiger partial charge in [0.2, 0.25) is 5.91 Å². The average Bonchev–Trinajstić information content (AvgIpc) is 3.28. The van der Waals surface area contributed by atoms with Crippen LogP contribution in [0.15, 0.2) is 24.3 Å². The van der Waals surface area contributed by atoms with Crippen LogP contribution in [0.3, 0.4) is 0 Å². The summed E-state index contributed by atoms with van der Waals surface area (Å²) in [6, 6.07) is 4.91. The van der Waals surface area contributed by atoms with E-state index in [4.69, 9.17) is 0 Å². The third kappa shape index (κ3) is 4.50. The van der Waals surface area contributed by atoms with Crippen LogP contribution in [-0.4, -0.2) is 39.1 Å². The Labute approximate surface area is 174 Å². The predicted octanol–water partition coefficient (Wildman–Crippen LogP) is 3.40. The molecule has 2 heterocycles. The Hall–Kier alpha value is -3.23. The molecule has 0 bridgehead atoms. The van der Waals surface area contributed by atoms with E-state index in [-0.39, 0.29) is 42.3 Å². The van der Waals surface area contributed by atoms with Crippen LogP contribution >= 0.6 is 0 Å². The van der Waals surface area contributed by atoms with E-state index in [1.54, 1.807) is 18.7 Å². The minimum Gasteiger partial charge on any atom is -0.338 e. The Bertz CT molecular complexity index is 952. The fourth-order valence-corrected chi connectivity index (χ4v) is 3.18. The van der Waals surface area contributed by atoms with Crippen molar-refractivity contribution in [3.8, 4) is 0 Å². The van der Waals surface area contributed by atoms with Crippen molar-refractivity contribution in [1.82, 2.24) is 20.0 Å². The van der Waals surface area contributed by atoms with Crippen molar-refractivity contribution in [2.75, 3.05) is 11.9 Å². The minimum atomic E-state index is -0.467. The molecule has 8 nitrogen and oxygen atoms in total. The van der Waals surface area contributed by atoms with E-state index >= 15 is 0 Å². The number of hydrogen-bond donors (Lipinski definition) is 2. The zero-order valence-electron chi connectivity index (χ0n) is 17.4. The normalized spacial score (nSPS) is 12.8. The number of hydrogen-bond acceptors (Lipinski definition) is 4. The highest BCUT2D eigenvalue weighted by Crippen LogP contribution is 2.30. The van der Waals surface area contributed by atoms with Crippen LogP contribution in [0.2, 0.25) is 0 Å². The highest BCUT2D eigenvalue weighted by Gasteiger charge is 2.33. The summed E-state index contributed by atoms with van der Waals surface area (Å²) in [4.78, 5) is 39.2. The summed E-state index contributed by atoms with van der Waals surface area (Å²) < 4.78 is 14.4. The summed E-state index contributed by atoms with van der Waals surface area (Å²) in [5.41, 5.74) is 1.49. The number of unbranched alkanes of at least 4 members (excludes halogenated alkanes) is 1. The number of benzene rings is 1. The quantitative estimate of drug-likeness (QED) is 0.707. The Morgan fingerprint density at radius 2 is 1.87 bits per heavy atom. The van der Waals surface area contributed by atoms with Crippen LogP contribution in [-0.2, 0) is 13.1 Å². The summed E-state index contributed by atoms with van der Waals surface area (Å²) in [7, 11) is 0. The summed E-state index contributed by atoms with van der Waals surface area (Å²) in [6.45, 7) is 6.60. The maximum Gasteiger partial charge on any atom is 0.318 e. The van der Waals surface area contributed by atoms with E-state index in [9.17, 15) is 18.8 Å². The second kappa shape index (κ2) is 9.06. The zero-order chi connectivity index (χ0) is 21.8. The van der Waals surface area contributed by atoms with Gasteiger partial charge in [-0.2, -0.15) is 0 Å². The molecule has 2 aromatic rings. The first-order valence-electron chi connectivity index (χ1n) is 10.1. The average molecular weight is 415 g/mol. The van der Waals surface area contributed by atoms with E-state index in [1.807, 2.05) is 6.92 Å². The van der Waals surface area contributed by atoms with Gasteiger partial charge in [-0.05, 0) is 30.7 Å².